The molecule has 3 nitrogen and oxygen atoms in total. The van der Waals surface area contributed by atoms with Crippen LogP contribution in [0, 0.1) is 0 Å². The van der Waals surface area contributed by atoms with Crippen molar-refractivity contribution in [2.75, 3.05) is 20.3 Å². The first-order chi connectivity index (χ1) is 8.34. The molecular weight excluding hydrogens is 214 g/mol. The normalized spacial score (nSPS) is 31.9. The average Bonchev–Trinajstić information content (AvgIpc) is 2.40. The fraction of sp³-hybridized carbons (Fsp3) is 0.571. The maximum atomic E-state index is 6.14. The Morgan fingerprint density at radius 2 is 2.18 bits per heavy atom. The highest BCUT2D eigenvalue weighted by Gasteiger charge is 2.42. The molecule has 1 spiro atoms. The van der Waals surface area contributed by atoms with Gasteiger partial charge in [-0.15, -0.1) is 0 Å². The van der Waals surface area contributed by atoms with E-state index in [1.807, 2.05) is 19.2 Å². The molecule has 1 fully saturated rings. The smallest absolute Gasteiger partial charge is 0.125 e. The number of fused-ring (bicyclic) bond motifs is 2. The first-order valence-electron chi connectivity index (χ1n) is 6.38. The van der Waals surface area contributed by atoms with Gasteiger partial charge in [0.15, 0.2) is 0 Å². The number of para-hydroxylation sites is 1. The zero-order chi connectivity index (χ0) is 11.7. The fourth-order valence-electron chi connectivity index (χ4n) is 2.99. The Balaban J connectivity index is 1.97. The van der Waals surface area contributed by atoms with E-state index in [1.165, 1.54) is 5.56 Å². The minimum Gasteiger partial charge on any atom is -0.493 e. The first-order valence-corrected chi connectivity index (χ1v) is 6.38. The Labute approximate surface area is 102 Å². The summed E-state index contributed by atoms with van der Waals surface area (Å²) in [6.07, 6.45) is 3.10. The van der Waals surface area contributed by atoms with E-state index in [-0.39, 0.29) is 5.60 Å². The summed E-state index contributed by atoms with van der Waals surface area (Å²) < 4.78 is 11.9. The zero-order valence-electron chi connectivity index (χ0n) is 10.2. The first kappa shape index (κ1) is 11.1. The van der Waals surface area contributed by atoms with Crippen LogP contribution in [0.25, 0.3) is 0 Å². The van der Waals surface area contributed by atoms with E-state index in [2.05, 4.69) is 17.4 Å². The number of ether oxygens (including phenoxy) is 2. The lowest BCUT2D eigenvalue weighted by Crippen LogP contribution is -2.46. The van der Waals surface area contributed by atoms with Gasteiger partial charge in [0.25, 0.3) is 0 Å². The van der Waals surface area contributed by atoms with Crippen LogP contribution in [0.15, 0.2) is 24.3 Å². The van der Waals surface area contributed by atoms with Gasteiger partial charge in [0.1, 0.15) is 11.4 Å². The highest BCUT2D eigenvalue weighted by molar-refractivity contribution is 5.40. The van der Waals surface area contributed by atoms with Gasteiger partial charge < -0.3 is 14.8 Å². The molecule has 1 saturated heterocycles. The van der Waals surface area contributed by atoms with Gasteiger partial charge in [-0.2, -0.15) is 0 Å². The van der Waals surface area contributed by atoms with Gasteiger partial charge in [0.2, 0.25) is 0 Å². The van der Waals surface area contributed by atoms with Crippen molar-refractivity contribution in [3.8, 4) is 5.75 Å². The quantitative estimate of drug-likeness (QED) is 0.805. The van der Waals surface area contributed by atoms with Crippen LogP contribution in [0.2, 0.25) is 0 Å². The molecule has 0 amide bonds. The molecule has 0 aliphatic carbocycles. The summed E-state index contributed by atoms with van der Waals surface area (Å²) in [4.78, 5) is 0. The third-order valence-electron chi connectivity index (χ3n) is 3.97. The van der Waals surface area contributed by atoms with Crippen molar-refractivity contribution in [3.63, 3.8) is 0 Å². The van der Waals surface area contributed by atoms with Gasteiger partial charge >= 0.3 is 0 Å². The molecule has 1 N–H and O–H groups in total. The van der Waals surface area contributed by atoms with Crippen LogP contribution in [0.4, 0.5) is 0 Å². The van der Waals surface area contributed by atoms with Crippen molar-refractivity contribution >= 4 is 0 Å². The van der Waals surface area contributed by atoms with Crippen LogP contribution < -0.4 is 10.1 Å². The number of rotatable bonds is 1. The van der Waals surface area contributed by atoms with Crippen molar-refractivity contribution in [2.24, 2.45) is 0 Å². The van der Waals surface area contributed by atoms with E-state index < -0.39 is 0 Å². The van der Waals surface area contributed by atoms with Gasteiger partial charge in [-0.3, -0.25) is 0 Å². The van der Waals surface area contributed by atoms with Gasteiger partial charge in [-0.05, 0) is 26.0 Å². The van der Waals surface area contributed by atoms with Crippen molar-refractivity contribution in [1.82, 2.24) is 5.32 Å². The molecule has 2 heterocycles. The molecule has 1 aromatic carbocycles. The van der Waals surface area contributed by atoms with Crippen LogP contribution in [0.5, 0.6) is 5.75 Å². The Hall–Kier alpha value is -1.06. The molecule has 0 saturated carbocycles. The minimum absolute atomic E-state index is 0.124. The van der Waals surface area contributed by atoms with Crippen molar-refractivity contribution in [3.05, 3.63) is 29.8 Å². The second-order valence-corrected chi connectivity index (χ2v) is 4.92. The lowest BCUT2D eigenvalue weighted by atomic mass is 9.80. The Morgan fingerprint density at radius 1 is 1.29 bits per heavy atom. The van der Waals surface area contributed by atoms with Crippen LogP contribution >= 0.6 is 0 Å². The summed E-state index contributed by atoms with van der Waals surface area (Å²) >= 11 is 0. The molecule has 2 aliphatic rings. The lowest BCUT2D eigenvalue weighted by Gasteiger charge is -2.44. The van der Waals surface area contributed by atoms with Crippen LogP contribution in [-0.2, 0) is 10.3 Å². The summed E-state index contributed by atoms with van der Waals surface area (Å²) in [6.45, 7) is 1.59. The van der Waals surface area contributed by atoms with Gasteiger partial charge in [0.05, 0.1) is 6.61 Å². The SMILES string of the molecule is CNC1CCOC2(CCOc3ccccc32)C1. The van der Waals surface area contributed by atoms with Gasteiger partial charge in [0, 0.05) is 24.6 Å². The van der Waals surface area contributed by atoms with Crippen LogP contribution in [0.3, 0.4) is 0 Å². The zero-order valence-corrected chi connectivity index (χ0v) is 10.2. The highest BCUT2D eigenvalue weighted by atomic mass is 16.5. The Morgan fingerprint density at radius 3 is 3.06 bits per heavy atom. The van der Waals surface area contributed by atoms with E-state index in [0.717, 1.165) is 38.2 Å². The predicted octanol–water partition coefficient (Wildman–Crippen LogP) is 2.06. The molecule has 17 heavy (non-hydrogen) atoms. The standard InChI is InChI=1S/C14H19NO2/c1-15-11-6-8-17-14(10-11)7-9-16-13-5-3-2-4-12(13)14/h2-5,11,15H,6-10H2,1H3. The van der Waals surface area contributed by atoms with Crippen molar-refractivity contribution < 1.29 is 9.47 Å². The van der Waals surface area contributed by atoms with E-state index in [0.29, 0.717) is 6.04 Å². The highest BCUT2D eigenvalue weighted by Crippen LogP contribution is 2.44. The summed E-state index contributed by atoms with van der Waals surface area (Å²) in [5.74, 6) is 0.996. The molecule has 1 aromatic rings. The topological polar surface area (TPSA) is 30.5 Å². The monoisotopic (exact) mass is 233 g/mol. The van der Waals surface area contributed by atoms with E-state index in [9.17, 15) is 0 Å². The molecule has 0 aromatic heterocycles. The second-order valence-electron chi connectivity index (χ2n) is 4.92. The molecule has 0 radical (unpaired) electrons. The fourth-order valence-corrected chi connectivity index (χ4v) is 2.99. The number of hydrogen-bond donors (Lipinski definition) is 1. The summed E-state index contributed by atoms with van der Waals surface area (Å²) in [5.41, 5.74) is 1.10. The predicted molar refractivity (Wildman–Crippen MR) is 66.3 cm³/mol. The Kier molecular flexibility index (Phi) is 2.81. The van der Waals surface area contributed by atoms with E-state index in [1.54, 1.807) is 0 Å². The summed E-state index contributed by atoms with van der Waals surface area (Å²) in [6, 6.07) is 8.84. The molecule has 3 rings (SSSR count). The maximum absolute atomic E-state index is 6.14. The lowest BCUT2D eigenvalue weighted by molar-refractivity contribution is -0.113. The molecular formula is C14H19NO2. The Bertz CT molecular complexity index is 407. The molecule has 0 bridgehead atoms. The number of hydrogen-bond acceptors (Lipinski definition) is 3. The van der Waals surface area contributed by atoms with Gasteiger partial charge in [-0.1, -0.05) is 18.2 Å². The molecule has 92 valence electrons. The van der Waals surface area contributed by atoms with E-state index >= 15 is 0 Å². The maximum Gasteiger partial charge on any atom is 0.125 e. The number of nitrogens with one attached hydrogen (secondary N) is 1. The van der Waals surface area contributed by atoms with Crippen molar-refractivity contribution in [2.45, 2.75) is 30.9 Å². The molecule has 3 heteroatoms. The second kappa shape index (κ2) is 4.31. The summed E-state index contributed by atoms with van der Waals surface area (Å²) in [7, 11) is 2.04. The third kappa shape index (κ3) is 1.83. The minimum atomic E-state index is -0.124. The van der Waals surface area contributed by atoms with Crippen LogP contribution in [-0.4, -0.2) is 26.3 Å². The van der Waals surface area contributed by atoms with Gasteiger partial charge in [-0.25, -0.2) is 0 Å². The molecule has 2 atom stereocenters. The third-order valence-corrected chi connectivity index (χ3v) is 3.97. The average molecular weight is 233 g/mol. The van der Waals surface area contributed by atoms with E-state index in [4.69, 9.17) is 9.47 Å². The summed E-state index contributed by atoms with van der Waals surface area (Å²) in [5, 5.41) is 3.39. The largest absolute Gasteiger partial charge is 0.493 e. The molecule has 2 aliphatic heterocycles. The molecule has 2 unspecified atom stereocenters. The van der Waals surface area contributed by atoms with Crippen LogP contribution in [0.1, 0.15) is 24.8 Å². The van der Waals surface area contributed by atoms with Crippen molar-refractivity contribution in [1.29, 1.82) is 0 Å². The number of benzene rings is 1.